The first kappa shape index (κ1) is 17.3. The summed E-state index contributed by atoms with van der Waals surface area (Å²) in [7, 11) is 0. The van der Waals surface area contributed by atoms with Crippen molar-refractivity contribution in [1.29, 1.82) is 0 Å². The summed E-state index contributed by atoms with van der Waals surface area (Å²) in [6.45, 7) is 1.83. The van der Waals surface area contributed by atoms with Gasteiger partial charge in [0.1, 0.15) is 23.9 Å². The number of carbonyl (C=O) groups excluding carboxylic acids is 1. The zero-order chi connectivity index (χ0) is 18.5. The van der Waals surface area contributed by atoms with Crippen LogP contribution in [0.1, 0.15) is 21.7 Å². The predicted molar refractivity (Wildman–Crippen MR) is 96.3 cm³/mol. The SMILES string of the molecule is Cc1ccc(OCc2ncccc2F)cc1NC(=O)c1ncccc1N. The molecule has 0 aliphatic heterocycles. The highest BCUT2D eigenvalue weighted by molar-refractivity contribution is 6.06. The number of anilines is 2. The van der Waals surface area contributed by atoms with Gasteiger partial charge in [0.15, 0.2) is 5.69 Å². The van der Waals surface area contributed by atoms with E-state index in [9.17, 15) is 9.18 Å². The van der Waals surface area contributed by atoms with Crippen LogP contribution in [-0.2, 0) is 6.61 Å². The standard InChI is InChI=1S/C19H17FN4O2/c1-12-6-7-13(26-11-17-14(20)4-2-8-22-17)10-16(12)24-19(25)18-15(21)5-3-9-23-18/h2-10H,11,21H2,1H3,(H,24,25). The number of aromatic nitrogens is 2. The van der Waals surface area contributed by atoms with Crippen molar-refractivity contribution in [3.8, 4) is 5.75 Å². The number of aryl methyl sites for hydroxylation is 1. The average Bonchev–Trinajstić information content (AvgIpc) is 2.64. The molecule has 0 saturated carbocycles. The number of amides is 1. The van der Waals surface area contributed by atoms with Gasteiger partial charge in [0.25, 0.3) is 5.91 Å². The molecule has 1 aromatic carbocycles. The third-order valence-corrected chi connectivity index (χ3v) is 3.72. The van der Waals surface area contributed by atoms with E-state index in [1.165, 1.54) is 24.5 Å². The lowest BCUT2D eigenvalue weighted by atomic mass is 10.2. The molecule has 0 unspecified atom stereocenters. The Hall–Kier alpha value is -3.48. The Morgan fingerprint density at radius 3 is 2.73 bits per heavy atom. The van der Waals surface area contributed by atoms with Crippen LogP contribution in [0.25, 0.3) is 0 Å². The molecule has 0 aliphatic carbocycles. The van der Waals surface area contributed by atoms with Gasteiger partial charge in [-0.1, -0.05) is 6.07 Å². The van der Waals surface area contributed by atoms with Crippen molar-refractivity contribution >= 4 is 17.3 Å². The fourth-order valence-electron chi connectivity index (χ4n) is 2.29. The Labute approximate surface area is 149 Å². The second-order valence-corrected chi connectivity index (χ2v) is 5.59. The smallest absolute Gasteiger partial charge is 0.276 e. The van der Waals surface area contributed by atoms with E-state index >= 15 is 0 Å². The predicted octanol–water partition coefficient (Wildman–Crippen LogP) is 3.34. The van der Waals surface area contributed by atoms with E-state index in [0.29, 0.717) is 17.1 Å². The summed E-state index contributed by atoms with van der Waals surface area (Å²) in [6.07, 6.45) is 3.00. The molecule has 3 rings (SSSR count). The minimum absolute atomic E-state index is 0.0175. The minimum atomic E-state index is -0.432. The first-order valence-corrected chi connectivity index (χ1v) is 7.89. The molecule has 0 spiro atoms. The van der Waals surface area contributed by atoms with Crippen molar-refractivity contribution in [3.05, 3.63) is 77.6 Å². The highest BCUT2D eigenvalue weighted by Crippen LogP contribution is 2.24. The zero-order valence-corrected chi connectivity index (χ0v) is 14.1. The molecule has 6 nitrogen and oxygen atoms in total. The van der Waals surface area contributed by atoms with Gasteiger partial charge in [-0.3, -0.25) is 9.78 Å². The van der Waals surface area contributed by atoms with Gasteiger partial charge in [-0.05, 0) is 42.8 Å². The molecule has 0 fully saturated rings. The number of rotatable bonds is 5. The van der Waals surface area contributed by atoms with Crippen LogP contribution in [-0.4, -0.2) is 15.9 Å². The number of hydrogen-bond acceptors (Lipinski definition) is 5. The summed E-state index contributed by atoms with van der Waals surface area (Å²) < 4.78 is 19.2. The summed E-state index contributed by atoms with van der Waals surface area (Å²) >= 11 is 0. The van der Waals surface area contributed by atoms with E-state index in [4.69, 9.17) is 10.5 Å². The van der Waals surface area contributed by atoms with E-state index in [0.717, 1.165) is 5.56 Å². The second kappa shape index (κ2) is 7.60. The molecule has 0 atom stereocenters. The molecule has 0 bridgehead atoms. The molecular weight excluding hydrogens is 335 g/mol. The molecule has 0 aliphatic rings. The molecule has 7 heteroatoms. The van der Waals surface area contributed by atoms with Gasteiger partial charge < -0.3 is 15.8 Å². The van der Waals surface area contributed by atoms with Crippen molar-refractivity contribution in [1.82, 2.24) is 9.97 Å². The molecule has 2 heterocycles. The van der Waals surface area contributed by atoms with Crippen LogP contribution >= 0.6 is 0 Å². The quantitative estimate of drug-likeness (QED) is 0.735. The molecular formula is C19H17FN4O2. The number of benzene rings is 1. The van der Waals surface area contributed by atoms with Gasteiger partial charge in [-0.15, -0.1) is 0 Å². The van der Waals surface area contributed by atoms with Gasteiger partial charge in [0.05, 0.1) is 5.69 Å². The van der Waals surface area contributed by atoms with E-state index in [1.54, 1.807) is 30.3 Å². The first-order valence-electron chi connectivity index (χ1n) is 7.89. The fraction of sp³-hybridized carbons (Fsp3) is 0.105. The number of nitrogen functional groups attached to an aromatic ring is 1. The van der Waals surface area contributed by atoms with Gasteiger partial charge in [-0.2, -0.15) is 0 Å². The topological polar surface area (TPSA) is 90.1 Å². The highest BCUT2D eigenvalue weighted by atomic mass is 19.1. The lowest BCUT2D eigenvalue weighted by Crippen LogP contribution is -2.16. The van der Waals surface area contributed by atoms with Crippen LogP contribution in [0.4, 0.5) is 15.8 Å². The number of ether oxygens (including phenoxy) is 1. The summed E-state index contributed by atoms with van der Waals surface area (Å²) in [4.78, 5) is 20.3. The number of hydrogen-bond donors (Lipinski definition) is 2. The maximum Gasteiger partial charge on any atom is 0.276 e. The molecule has 3 aromatic rings. The summed E-state index contributed by atoms with van der Waals surface area (Å²) in [5.74, 6) is -0.372. The second-order valence-electron chi connectivity index (χ2n) is 5.59. The van der Waals surface area contributed by atoms with E-state index < -0.39 is 11.7 Å². The summed E-state index contributed by atoms with van der Waals surface area (Å²) in [6, 6.07) is 11.3. The molecule has 0 saturated heterocycles. The monoisotopic (exact) mass is 352 g/mol. The number of nitrogens with zero attached hydrogens (tertiary/aromatic N) is 2. The Morgan fingerprint density at radius 1 is 1.19 bits per heavy atom. The number of nitrogens with one attached hydrogen (secondary N) is 1. The highest BCUT2D eigenvalue weighted by Gasteiger charge is 2.13. The summed E-state index contributed by atoms with van der Waals surface area (Å²) in [5, 5.41) is 2.77. The Kier molecular flexibility index (Phi) is 5.07. The molecule has 132 valence electrons. The number of halogens is 1. The van der Waals surface area contributed by atoms with Gasteiger partial charge in [0, 0.05) is 24.1 Å². The Bertz CT molecular complexity index is 946. The van der Waals surface area contributed by atoms with Crippen molar-refractivity contribution < 1.29 is 13.9 Å². The van der Waals surface area contributed by atoms with Crippen LogP contribution in [0.5, 0.6) is 5.75 Å². The van der Waals surface area contributed by atoms with Crippen molar-refractivity contribution in [2.75, 3.05) is 11.1 Å². The van der Waals surface area contributed by atoms with Crippen molar-refractivity contribution in [2.45, 2.75) is 13.5 Å². The van der Waals surface area contributed by atoms with Crippen LogP contribution < -0.4 is 15.8 Å². The normalized spacial score (nSPS) is 10.4. The number of nitrogens with two attached hydrogens (primary N) is 1. The van der Waals surface area contributed by atoms with E-state index in [2.05, 4.69) is 15.3 Å². The maximum absolute atomic E-state index is 13.6. The van der Waals surface area contributed by atoms with E-state index in [-0.39, 0.29) is 18.0 Å². The zero-order valence-electron chi connectivity index (χ0n) is 14.1. The first-order chi connectivity index (χ1) is 12.5. The van der Waals surface area contributed by atoms with Crippen molar-refractivity contribution in [2.24, 2.45) is 0 Å². The van der Waals surface area contributed by atoms with Gasteiger partial charge in [-0.25, -0.2) is 9.37 Å². The van der Waals surface area contributed by atoms with E-state index in [1.807, 2.05) is 6.92 Å². The average molecular weight is 352 g/mol. The third kappa shape index (κ3) is 3.94. The Balaban J connectivity index is 1.74. The van der Waals surface area contributed by atoms with Gasteiger partial charge in [0.2, 0.25) is 0 Å². The van der Waals surface area contributed by atoms with Crippen molar-refractivity contribution in [3.63, 3.8) is 0 Å². The maximum atomic E-state index is 13.6. The fourth-order valence-corrected chi connectivity index (χ4v) is 2.29. The van der Waals surface area contributed by atoms with Crippen LogP contribution in [0.2, 0.25) is 0 Å². The molecule has 0 radical (unpaired) electrons. The number of carbonyl (C=O) groups is 1. The molecule has 2 aromatic heterocycles. The van der Waals surface area contributed by atoms with Gasteiger partial charge >= 0.3 is 0 Å². The molecule has 1 amide bonds. The Morgan fingerprint density at radius 2 is 1.96 bits per heavy atom. The largest absolute Gasteiger partial charge is 0.487 e. The lowest BCUT2D eigenvalue weighted by molar-refractivity contribution is 0.102. The van der Waals surface area contributed by atoms with Crippen LogP contribution in [0, 0.1) is 12.7 Å². The lowest BCUT2D eigenvalue weighted by Gasteiger charge is -2.12. The molecule has 3 N–H and O–H groups in total. The third-order valence-electron chi connectivity index (χ3n) is 3.72. The number of pyridine rings is 2. The van der Waals surface area contributed by atoms with Crippen LogP contribution in [0.15, 0.2) is 54.9 Å². The molecule has 26 heavy (non-hydrogen) atoms. The minimum Gasteiger partial charge on any atom is -0.487 e. The summed E-state index contributed by atoms with van der Waals surface area (Å²) in [5.41, 5.74) is 7.82. The van der Waals surface area contributed by atoms with Crippen LogP contribution in [0.3, 0.4) is 0 Å².